The molecule has 0 saturated carbocycles. The number of thiophene rings is 1. The van der Waals surface area contributed by atoms with E-state index in [4.69, 9.17) is 11.6 Å². The van der Waals surface area contributed by atoms with Crippen LogP contribution in [0.5, 0.6) is 0 Å². The van der Waals surface area contributed by atoms with Crippen LogP contribution in [0.4, 0.5) is 13.2 Å². The normalized spacial score (nSPS) is 16.0. The van der Waals surface area contributed by atoms with Crippen molar-refractivity contribution in [1.82, 2.24) is 14.7 Å². The summed E-state index contributed by atoms with van der Waals surface area (Å²) in [5.74, 6) is -0.454. The molecule has 176 valence electrons. The van der Waals surface area contributed by atoms with Crippen molar-refractivity contribution in [3.63, 3.8) is 0 Å². The van der Waals surface area contributed by atoms with Crippen molar-refractivity contribution in [2.45, 2.75) is 32.1 Å². The molecular weight excluding hydrogens is 485 g/mol. The summed E-state index contributed by atoms with van der Waals surface area (Å²) in [4.78, 5) is 15.7. The van der Waals surface area contributed by atoms with Crippen LogP contribution in [0.1, 0.15) is 39.4 Å². The van der Waals surface area contributed by atoms with E-state index in [0.717, 1.165) is 10.4 Å². The van der Waals surface area contributed by atoms with E-state index in [9.17, 15) is 23.2 Å². The van der Waals surface area contributed by atoms with Crippen molar-refractivity contribution in [2.24, 2.45) is 0 Å². The summed E-state index contributed by atoms with van der Waals surface area (Å²) in [5, 5.41) is 13.2. The van der Waals surface area contributed by atoms with Gasteiger partial charge >= 0.3 is 6.18 Å². The van der Waals surface area contributed by atoms with Gasteiger partial charge in [0.25, 0.3) is 0 Å². The molecular formula is C24H20ClF3N4OS. The lowest BCUT2D eigenvalue weighted by molar-refractivity contribution is -0.141. The number of rotatable bonds is 5. The van der Waals surface area contributed by atoms with Gasteiger partial charge in [-0.05, 0) is 29.7 Å². The highest BCUT2D eigenvalue weighted by Crippen LogP contribution is 2.44. The predicted octanol–water partition coefficient (Wildman–Crippen LogP) is 5.79. The van der Waals surface area contributed by atoms with Gasteiger partial charge in [0.05, 0.1) is 6.54 Å². The van der Waals surface area contributed by atoms with Crippen LogP contribution in [0.15, 0.2) is 48.7 Å². The van der Waals surface area contributed by atoms with Gasteiger partial charge in [0, 0.05) is 47.6 Å². The molecule has 3 heterocycles. The molecule has 0 radical (unpaired) electrons. The molecule has 1 aromatic carbocycles. The minimum atomic E-state index is -4.62. The first-order valence-electron chi connectivity index (χ1n) is 10.5. The minimum absolute atomic E-state index is 0.00674. The first-order chi connectivity index (χ1) is 16.3. The molecule has 0 spiro atoms. The SMILES string of the molecule is CCn1cc(-c2ccccc2[C@@H]2CN(C(=O)/C=C/CCl)Cc3sc(C#N)cc32)c(C(F)(F)F)n1. The monoisotopic (exact) mass is 504 g/mol. The van der Waals surface area contributed by atoms with Crippen molar-refractivity contribution in [2.75, 3.05) is 12.4 Å². The van der Waals surface area contributed by atoms with E-state index in [1.54, 1.807) is 48.2 Å². The zero-order valence-electron chi connectivity index (χ0n) is 18.1. The van der Waals surface area contributed by atoms with Crippen LogP contribution in [-0.2, 0) is 24.1 Å². The molecule has 0 N–H and O–H groups in total. The molecule has 0 bridgehead atoms. The summed E-state index contributed by atoms with van der Waals surface area (Å²) in [5.41, 5.74) is 0.953. The van der Waals surface area contributed by atoms with E-state index in [2.05, 4.69) is 11.2 Å². The number of nitriles is 1. The third kappa shape index (κ3) is 4.61. The number of hydrogen-bond donors (Lipinski definition) is 0. The van der Waals surface area contributed by atoms with Gasteiger partial charge in [-0.1, -0.05) is 30.3 Å². The second-order valence-electron chi connectivity index (χ2n) is 7.76. The summed E-state index contributed by atoms with van der Waals surface area (Å²) in [6.07, 6.45) is -0.268. The number of carbonyl (C=O) groups is 1. The van der Waals surface area contributed by atoms with Crippen molar-refractivity contribution in [1.29, 1.82) is 5.26 Å². The maximum absolute atomic E-state index is 13.9. The Morgan fingerprint density at radius 1 is 1.32 bits per heavy atom. The quantitative estimate of drug-likeness (QED) is 0.326. The van der Waals surface area contributed by atoms with Crippen LogP contribution in [-0.4, -0.2) is 33.0 Å². The first-order valence-corrected chi connectivity index (χ1v) is 11.9. The highest BCUT2D eigenvalue weighted by Gasteiger charge is 2.39. The number of alkyl halides is 4. The molecule has 0 unspecified atom stereocenters. The van der Waals surface area contributed by atoms with E-state index >= 15 is 0 Å². The average Bonchev–Trinajstić information content (AvgIpc) is 3.46. The van der Waals surface area contributed by atoms with Crippen molar-refractivity contribution in [3.05, 3.63) is 75.3 Å². The molecule has 1 aliphatic heterocycles. The fourth-order valence-corrected chi connectivity index (χ4v) is 5.32. The molecule has 2 aromatic heterocycles. The lowest BCUT2D eigenvalue weighted by Crippen LogP contribution is -2.37. The van der Waals surface area contributed by atoms with Gasteiger partial charge in [-0.25, -0.2) is 0 Å². The van der Waals surface area contributed by atoms with Gasteiger partial charge < -0.3 is 4.90 Å². The van der Waals surface area contributed by atoms with Gasteiger partial charge in [-0.3, -0.25) is 9.48 Å². The Morgan fingerprint density at radius 2 is 2.09 bits per heavy atom. The number of benzene rings is 1. The summed E-state index contributed by atoms with van der Waals surface area (Å²) in [6.45, 7) is 2.61. The van der Waals surface area contributed by atoms with Gasteiger partial charge in [-0.15, -0.1) is 22.9 Å². The molecule has 3 aromatic rings. The molecule has 10 heteroatoms. The number of amides is 1. The second kappa shape index (κ2) is 9.65. The number of hydrogen-bond acceptors (Lipinski definition) is 4. The van der Waals surface area contributed by atoms with Crippen LogP contribution in [0.2, 0.25) is 0 Å². The van der Waals surface area contributed by atoms with E-state index in [0.29, 0.717) is 29.1 Å². The van der Waals surface area contributed by atoms with Crippen LogP contribution in [0.25, 0.3) is 11.1 Å². The third-order valence-electron chi connectivity index (χ3n) is 5.71. The first kappa shape index (κ1) is 24.0. The molecule has 4 rings (SSSR count). The van der Waals surface area contributed by atoms with Crippen LogP contribution in [0, 0.1) is 11.3 Å². The fourth-order valence-electron chi connectivity index (χ4n) is 4.19. The maximum atomic E-state index is 13.9. The van der Waals surface area contributed by atoms with Gasteiger partial charge in [0.2, 0.25) is 5.91 Å². The molecule has 0 fully saturated rings. The Kier molecular flexibility index (Phi) is 6.82. The average molecular weight is 505 g/mol. The Bertz CT molecular complexity index is 1290. The Hall–Kier alpha value is -3.09. The van der Waals surface area contributed by atoms with Crippen LogP contribution >= 0.6 is 22.9 Å². The smallest absolute Gasteiger partial charge is 0.333 e. The molecule has 1 aliphatic rings. The number of carbonyl (C=O) groups excluding carboxylic acids is 1. The van der Waals surface area contributed by atoms with Crippen molar-refractivity contribution in [3.8, 4) is 17.2 Å². The van der Waals surface area contributed by atoms with E-state index < -0.39 is 17.8 Å². The number of fused-ring (bicyclic) bond motifs is 1. The fraction of sp³-hybridized carbons (Fsp3) is 0.292. The van der Waals surface area contributed by atoms with Gasteiger partial charge in [-0.2, -0.15) is 23.5 Å². The molecule has 0 saturated heterocycles. The number of aryl methyl sites for hydroxylation is 1. The zero-order valence-corrected chi connectivity index (χ0v) is 19.7. The Balaban J connectivity index is 1.87. The largest absolute Gasteiger partial charge is 0.435 e. The van der Waals surface area contributed by atoms with Crippen molar-refractivity contribution < 1.29 is 18.0 Å². The van der Waals surface area contributed by atoms with Crippen LogP contribution in [0.3, 0.4) is 0 Å². The zero-order chi connectivity index (χ0) is 24.5. The second-order valence-corrected chi connectivity index (χ2v) is 9.21. The van der Waals surface area contributed by atoms with E-state index in [1.807, 2.05) is 0 Å². The number of allylic oxidation sites excluding steroid dienone is 1. The number of nitrogens with zero attached hydrogens (tertiary/aromatic N) is 4. The summed E-state index contributed by atoms with van der Waals surface area (Å²) in [7, 11) is 0. The van der Waals surface area contributed by atoms with Crippen molar-refractivity contribution >= 4 is 28.8 Å². The number of halogens is 4. The predicted molar refractivity (Wildman–Crippen MR) is 124 cm³/mol. The van der Waals surface area contributed by atoms with Gasteiger partial charge in [0.15, 0.2) is 5.69 Å². The standard InChI is InChI=1S/C24H20ClF3N4OS/c1-2-32-13-20(23(30-32)24(26,27)28)17-7-4-3-6-16(17)19-12-31(22(33)8-5-9-25)14-21-18(19)10-15(11-29)34-21/h3-8,10,13,19H,2,9,12,14H2,1H3/b8-5+/t19-/m0/s1. The summed E-state index contributed by atoms with van der Waals surface area (Å²) < 4.78 is 42.8. The Morgan fingerprint density at radius 3 is 2.76 bits per heavy atom. The molecule has 1 atom stereocenters. The molecule has 34 heavy (non-hydrogen) atoms. The lowest BCUT2D eigenvalue weighted by Gasteiger charge is -2.33. The highest BCUT2D eigenvalue weighted by atomic mass is 35.5. The van der Waals surface area contributed by atoms with Gasteiger partial charge in [0.1, 0.15) is 10.9 Å². The minimum Gasteiger partial charge on any atom is -0.333 e. The maximum Gasteiger partial charge on any atom is 0.435 e. The molecule has 0 aliphatic carbocycles. The lowest BCUT2D eigenvalue weighted by atomic mass is 9.83. The van der Waals surface area contributed by atoms with E-state index in [-0.39, 0.29) is 23.9 Å². The topological polar surface area (TPSA) is 61.9 Å². The molecule has 1 amide bonds. The van der Waals surface area contributed by atoms with E-state index in [1.165, 1.54) is 28.3 Å². The number of aromatic nitrogens is 2. The highest BCUT2D eigenvalue weighted by molar-refractivity contribution is 7.12. The summed E-state index contributed by atoms with van der Waals surface area (Å²) >= 11 is 6.97. The third-order valence-corrected chi connectivity index (χ3v) is 6.92. The summed E-state index contributed by atoms with van der Waals surface area (Å²) in [6, 6.07) is 10.8. The molecule has 5 nitrogen and oxygen atoms in total. The Labute approximate surface area is 203 Å². The van der Waals surface area contributed by atoms with Crippen LogP contribution < -0.4 is 0 Å².